The van der Waals surface area contributed by atoms with Crippen LogP contribution in [0.2, 0.25) is 10.0 Å². The molecule has 2 N–H and O–H groups in total. The Morgan fingerprint density at radius 1 is 1.11 bits per heavy atom. The number of carbonyl (C=O) groups is 2. The first-order valence-electron chi connectivity index (χ1n) is 8.94. The molecule has 146 valence electrons. The highest BCUT2D eigenvalue weighted by molar-refractivity contribution is 6.34. The van der Waals surface area contributed by atoms with Crippen molar-refractivity contribution in [2.24, 2.45) is 0 Å². The summed E-state index contributed by atoms with van der Waals surface area (Å²) in [5.74, 6) is 0.162. The zero-order valence-electron chi connectivity index (χ0n) is 15.6. The Labute approximate surface area is 172 Å². The first kappa shape index (κ1) is 20.2. The number of aromatic nitrogens is 2. The predicted octanol–water partition coefficient (Wildman–Crippen LogP) is 4.28. The quantitative estimate of drug-likeness (QED) is 0.626. The van der Waals surface area contributed by atoms with E-state index in [0.717, 1.165) is 11.0 Å². The molecule has 0 atom stereocenters. The second kappa shape index (κ2) is 8.63. The Balaban J connectivity index is 1.70. The summed E-state index contributed by atoms with van der Waals surface area (Å²) < 4.78 is 0. The van der Waals surface area contributed by atoms with Gasteiger partial charge in [-0.1, -0.05) is 23.2 Å². The molecular formula is C20H20Cl2N4O2. The van der Waals surface area contributed by atoms with Crippen molar-refractivity contribution in [3.63, 3.8) is 0 Å². The van der Waals surface area contributed by atoms with Gasteiger partial charge in [0.25, 0.3) is 11.8 Å². The lowest BCUT2D eigenvalue weighted by Gasteiger charge is -2.19. The number of nitrogens with one attached hydrogen (secondary N) is 2. The molecule has 0 saturated heterocycles. The Hall–Kier alpha value is -2.57. The molecule has 0 saturated carbocycles. The highest BCUT2D eigenvalue weighted by Gasteiger charge is 2.17. The number of aromatic amines is 1. The minimum absolute atomic E-state index is 0.150. The molecule has 1 heterocycles. The van der Waals surface area contributed by atoms with Crippen LogP contribution in [0.15, 0.2) is 36.4 Å². The van der Waals surface area contributed by atoms with E-state index in [4.69, 9.17) is 23.2 Å². The maximum absolute atomic E-state index is 12.4. The van der Waals surface area contributed by atoms with Gasteiger partial charge in [0.1, 0.15) is 5.82 Å². The summed E-state index contributed by atoms with van der Waals surface area (Å²) in [6.45, 7) is 5.22. The number of hydrogen-bond donors (Lipinski definition) is 2. The summed E-state index contributed by atoms with van der Waals surface area (Å²) in [4.78, 5) is 34.1. The van der Waals surface area contributed by atoms with E-state index in [1.54, 1.807) is 29.2 Å². The topological polar surface area (TPSA) is 78.1 Å². The molecule has 28 heavy (non-hydrogen) atoms. The summed E-state index contributed by atoms with van der Waals surface area (Å²) in [5, 5.41) is 3.66. The number of amides is 2. The van der Waals surface area contributed by atoms with Crippen LogP contribution >= 0.6 is 23.2 Å². The van der Waals surface area contributed by atoms with Crippen LogP contribution in [-0.4, -0.2) is 39.8 Å². The van der Waals surface area contributed by atoms with E-state index >= 15 is 0 Å². The maximum Gasteiger partial charge on any atom is 0.255 e. The first-order valence-corrected chi connectivity index (χ1v) is 9.69. The van der Waals surface area contributed by atoms with Crippen molar-refractivity contribution >= 4 is 46.0 Å². The second-order valence-corrected chi connectivity index (χ2v) is 7.04. The van der Waals surface area contributed by atoms with Crippen molar-refractivity contribution in [3.8, 4) is 0 Å². The highest BCUT2D eigenvalue weighted by atomic mass is 35.5. The standard InChI is InChI=1S/C20H20Cl2N4O2/c1-3-26(4-2)20(28)14-7-5-12(9-15(14)22)19(27)23-11-18-24-16-8-6-13(21)10-17(16)25-18/h5-10H,3-4,11H2,1-2H3,(H,23,27)(H,24,25). The van der Waals surface area contributed by atoms with Crippen LogP contribution in [0, 0.1) is 0 Å². The molecule has 1 aromatic heterocycles. The average molecular weight is 419 g/mol. The summed E-state index contributed by atoms with van der Waals surface area (Å²) in [7, 11) is 0. The minimum atomic E-state index is -0.303. The predicted molar refractivity (Wildman–Crippen MR) is 111 cm³/mol. The van der Waals surface area contributed by atoms with Crippen LogP contribution < -0.4 is 5.32 Å². The van der Waals surface area contributed by atoms with Gasteiger partial charge in [0.2, 0.25) is 0 Å². The third-order valence-corrected chi connectivity index (χ3v) is 4.97. The lowest BCUT2D eigenvalue weighted by molar-refractivity contribution is 0.0772. The molecule has 6 nitrogen and oxygen atoms in total. The average Bonchev–Trinajstić information content (AvgIpc) is 3.08. The van der Waals surface area contributed by atoms with Crippen LogP contribution in [-0.2, 0) is 6.54 Å². The normalized spacial score (nSPS) is 10.9. The van der Waals surface area contributed by atoms with Crippen molar-refractivity contribution in [2.75, 3.05) is 13.1 Å². The number of nitrogens with zero attached hydrogens (tertiary/aromatic N) is 2. The lowest BCUT2D eigenvalue weighted by atomic mass is 10.1. The van der Waals surface area contributed by atoms with Gasteiger partial charge in [0, 0.05) is 23.7 Å². The van der Waals surface area contributed by atoms with Gasteiger partial charge in [0.15, 0.2) is 0 Å². The van der Waals surface area contributed by atoms with E-state index in [-0.39, 0.29) is 23.4 Å². The first-order chi connectivity index (χ1) is 13.4. The molecule has 0 aliphatic rings. The summed E-state index contributed by atoms with van der Waals surface area (Å²) in [6, 6.07) is 10.0. The van der Waals surface area contributed by atoms with E-state index in [2.05, 4.69) is 15.3 Å². The highest BCUT2D eigenvalue weighted by Crippen LogP contribution is 2.20. The smallest absolute Gasteiger partial charge is 0.255 e. The minimum Gasteiger partial charge on any atom is -0.345 e. The summed E-state index contributed by atoms with van der Waals surface area (Å²) >= 11 is 12.2. The fraction of sp³-hybridized carbons (Fsp3) is 0.250. The van der Waals surface area contributed by atoms with Crippen molar-refractivity contribution in [1.29, 1.82) is 0 Å². The number of imidazole rings is 1. The van der Waals surface area contributed by atoms with E-state index in [0.29, 0.717) is 35.1 Å². The zero-order valence-corrected chi connectivity index (χ0v) is 17.1. The third kappa shape index (κ3) is 4.29. The molecule has 0 aliphatic carbocycles. The van der Waals surface area contributed by atoms with Crippen molar-refractivity contribution < 1.29 is 9.59 Å². The Morgan fingerprint density at radius 3 is 2.54 bits per heavy atom. The number of H-pyrrole nitrogens is 1. The number of fused-ring (bicyclic) bond motifs is 1. The molecule has 0 unspecified atom stereocenters. The molecule has 0 radical (unpaired) electrons. The fourth-order valence-electron chi connectivity index (χ4n) is 2.90. The maximum atomic E-state index is 12.4. The van der Waals surface area contributed by atoms with Crippen LogP contribution in [0.3, 0.4) is 0 Å². The molecular weight excluding hydrogens is 399 g/mol. The number of benzene rings is 2. The monoisotopic (exact) mass is 418 g/mol. The van der Waals surface area contributed by atoms with Crippen molar-refractivity contribution in [2.45, 2.75) is 20.4 Å². The molecule has 3 rings (SSSR count). The van der Waals surface area contributed by atoms with Crippen LogP contribution in [0.1, 0.15) is 40.4 Å². The van der Waals surface area contributed by atoms with Gasteiger partial charge in [-0.3, -0.25) is 9.59 Å². The third-order valence-electron chi connectivity index (χ3n) is 4.42. The largest absolute Gasteiger partial charge is 0.345 e. The molecule has 8 heteroatoms. The van der Waals surface area contributed by atoms with Crippen molar-refractivity contribution in [3.05, 3.63) is 63.4 Å². The van der Waals surface area contributed by atoms with E-state index in [1.165, 1.54) is 6.07 Å². The van der Waals surface area contributed by atoms with Crippen LogP contribution in [0.25, 0.3) is 11.0 Å². The number of hydrogen-bond acceptors (Lipinski definition) is 3. The van der Waals surface area contributed by atoms with Gasteiger partial charge in [-0.15, -0.1) is 0 Å². The number of halogens is 2. The van der Waals surface area contributed by atoms with Gasteiger partial charge in [-0.05, 0) is 50.2 Å². The molecule has 0 aliphatic heterocycles. The molecule has 3 aromatic rings. The zero-order chi connectivity index (χ0) is 20.3. The van der Waals surface area contributed by atoms with Crippen LogP contribution in [0.4, 0.5) is 0 Å². The van der Waals surface area contributed by atoms with Gasteiger partial charge in [0.05, 0.1) is 28.2 Å². The van der Waals surface area contributed by atoms with Gasteiger partial charge >= 0.3 is 0 Å². The molecule has 0 spiro atoms. The van der Waals surface area contributed by atoms with Crippen LogP contribution in [0.5, 0.6) is 0 Å². The number of rotatable bonds is 6. The second-order valence-electron chi connectivity index (χ2n) is 6.20. The molecule has 0 fully saturated rings. The SMILES string of the molecule is CCN(CC)C(=O)c1ccc(C(=O)NCc2nc3ccc(Cl)cc3[nH]2)cc1Cl. The Bertz CT molecular complexity index is 1030. The van der Waals surface area contributed by atoms with Gasteiger partial charge in [-0.25, -0.2) is 4.98 Å². The van der Waals surface area contributed by atoms with E-state index < -0.39 is 0 Å². The molecule has 0 bridgehead atoms. The Morgan fingerprint density at radius 2 is 1.86 bits per heavy atom. The molecule has 2 aromatic carbocycles. The fourth-order valence-corrected chi connectivity index (χ4v) is 3.33. The summed E-state index contributed by atoms with van der Waals surface area (Å²) in [5.41, 5.74) is 2.34. The van der Waals surface area contributed by atoms with Crippen molar-refractivity contribution in [1.82, 2.24) is 20.2 Å². The van der Waals surface area contributed by atoms with Gasteiger partial charge in [-0.2, -0.15) is 0 Å². The van der Waals surface area contributed by atoms with Gasteiger partial charge < -0.3 is 15.2 Å². The Kier molecular flexibility index (Phi) is 6.21. The number of carbonyl (C=O) groups excluding carboxylic acids is 2. The molecule has 2 amide bonds. The van der Waals surface area contributed by atoms with E-state index in [9.17, 15) is 9.59 Å². The summed E-state index contributed by atoms with van der Waals surface area (Å²) in [6.07, 6.45) is 0. The lowest BCUT2D eigenvalue weighted by Crippen LogP contribution is -2.30. The van der Waals surface area contributed by atoms with E-state index in [1.807, 2.05) is 19.9 Å².